The Morgan fingerprint density at radius 2 is 1.90 bits per heavy atom. The number of carbonyl (C=O) groups is 1. The van der Waals surface area contributed by atoms with Crippen LogP contribution >= 0.6 is 0 Å². The van der Waals surface area contributed by atoms with Crippen molar-refractivity contribution in [1.82, 2.24) is 4.98 Å². The van der Waals surface area contributed by atoms with Crippen molar-refractivity contribution >= 4 is 16.9 Å². The molecule has 20 heavy (non-hydrogen) atoms. The third kappa shape index (κ3) is 2.18. The lowest BCUT2D eigenvalue weighted by molar-refractivity contribution is 0.0603. The van der Waals surface area contributed by atoms with E-state index in [9.17, 15) is 4.79 Å². The van der Waals surface area contributed by atoms with Gasteiger partial charge in [-0.15, -0.1) is 0 Å². The maximum absolute atomic E-state index is 11.9. The van der Waals surface area contributed by atoms with Gasteiger partial charge in [0, 0.05) is 17.1 Å². The van der Waals surface area contributed by atoms with E-state index in [1.165, 1.54) is 12.7 Å². The number of fused-ring (bicyclic) bond motifs is 1. The Labute approximate surface area is 117 Å². The van der Waals surface area contributed by atoms with Crippen LogP contribution in [0.25, 0.3) is 10.9 Å². The van der Waals surface area contributed by atoms with E-state index < -0.39 is 0 Å². The van der Waals surface area contributed by atoms with Gasteiger partial charge >= 0.3 is 5.97 Å². The first-order chi connectivity index (χ1) is 9.79. The molecule has 3 rings (SSSR count). The second kappa shape index (κ2) is 5.21. The Morgan fingerprint density at radius 1 is 1.10 bits per heavy atom. The maximum Gasteiger partial charge on any atom is 0.338 e. The topological polar surface area (TPSA) is 42.1 Å². The highest BCUT2D eigenvalue weighted by Crippen LogP contribution is 2.25. The molecule has 1 aromatic heterocycles. The van der Waals surface area contributed by atoms with Crippen LogP contribution in [0, 0.1) is 0 Å². The summed E-state index contributed by atoms with van der Waals surface area (Å²) in [7, 11) is 1.41. The second-order valence-corrected chi connectivity index (χ2v) is 4.70. The number of rotatable bonds is 3. The van der Waals surface area contributed by atoms with E-state index >= 15 is 0 Å². The van der Waals surface area contributed by atoms with Crippen molar-refractivity contribution < 1.29 is 9.53 Å². The van der Waals surface area contributed by atoms with Gasteiger partial charge in [0.05, 0.1) is 12.7 Å². The van der Waals surface area contributed by atoms with Crippen LogP contribution < -0.4 is 0 Å². The summed E-state index contributed by atoms with van der Waals surface area (Å²) in [5.74, 6) is -0.301. The quantitative estimate of drug-likeness (QED) is 0.736. The Bertz CT molecular complexity index is 744. The van der Waals surface area contributed by atoms with E-state index in [0.717, 1.165) is 22.9 Å². The van der Waals surface area contributed by atoms with Gasteiger partial charge in [-0.1, -0.05) is 36.4 Å². The van der Waals surface area contributed by atoms with Crippen molar-refractivity contribution in [3.8, 4) is 0 Å². The predicted molar refractivity (Wildman–Crippen MR) is 78.9 cm³/mol. The lowest BCUT2D eigenvalue weighted by Gasteiger charge is -2.05. The maximum atomic E-state index is 11.9. The zero-order valence-electron chi connectivity index (χ0n) is 11.2. The smallest absolute Gasteiger partial charge is 0.338 e. The number of esters is 1. The molecule has 1 N–H and O–H groups in total. The molecule has 0 saturated heterocycles. The average Bonchev–Trinajstić information content (AvgIpc) is 2.91. The molecule has 3 nitrogen and oxygen atoms in total. The van der Waals surface area contributed by atoms with Crippen LogP contribution in [0.2, 0.25) is 0 Å². The first kappa shape index (κ1) is 12.5. The zero-order chi connectivity index (χ0) is 13.9. The fraction of sp³-hybridized carbons (Fsp3) is 0.118. The lowest BCUT2D eigenvalue weighted by Crippen LogP contribution is -2.02. The van der Waals surface area contributed by atoms with Gasteiger partial charge in [-0.05, 0) is 29.7 Å². The largest absolute Gasteiger partial charge is 0.465 e. The van der Waals surface area contributed by atoms with Crippen LogP contribution in [-0.2, 0) is 11.2 Å². The van der Waals surface area contributed by atoms with Crippen molar-refractivity contribution in [1.29, 1.82) is 0 Å². The molecule has 0 aliphatic heterocycles. The van der Waals surface area contributed by atoms with Gasteiger partial charge in [0.2, 0.25) is 0 Å². The molecule has 0 bridgehead atoms. The standard InChI is InChI=1S/C17H15NO2/c1-20-17(19)14-8-5-9-15-16(14)13(11-18-15)10-12-6-3-2-4-7-12/h2-9,11,18H,10H2,1H3. The first-order valence-electron chi connectivity index (χ1n) is 6.51. The van der Waals surface area contributed by atoms with Crippen LogP contribution in [0.15, 0.2) is 54.7 Å². The van der Waals surface area contributed by atoms with Gasteiger partial charge in [0.15, 0.2) is 0 Å². The van der Waals surface area contributed by atoms with Crippen LogP contribution in [0.3, 0.4) is 0 Å². The number of aromatic nitrogens is 1. The molecule has 0 aliphatic carbocycles. The van der Waals surface area contributed by atoms with Gasteiger partial charge in [0.1, 0.15) is 0 Å². The molecular formula is C17H15NO2. The molecular weight excluding hydrogens is 250 g/mol. The highest BCUT2D eigenvalue weighted by Gasteiger charge is 2.14. The highest BCUT2D eigenvalue weighted by molar-refractivity contribution is 6.05. The minimum atomic E-state index is -0.301. The van der Waals surface area contributed by atoms with Gasteiger partial charge in [-0.2, -0.15) is 0 Å². The van der Waals surface area contributed by atoms with Gasteiger partial charge in [-0.3, -0.25) is 0 Å². The summed E-state index contributed by atoms with van der Waals surface area (Å²) < 4.78 is 4.87. The molecule has 3 aromatic rings. The summed E-state index contributed by atoms with van der Waals surface area (Å²) in [6, 6.07) is 15.8. The molecule has 0 amide bonds. The SMILES string of the molecule is COC(=O)c1cccc2[nH]cc(Cc3ccccc3)c12. The number of aromatic amines is 1. The van der Waals surface area contributed by atoms with Crippen LogP contribution in [0.4, 0.5) is 0 Å². The minimum absolute atomic E-state index is 0.301. The van der Waals surface area contributed by atoms with Crippen LogP contribution in [0.5, 0.6) is 0 Å². The highest BCUT2D eigenvalue weighted by atomic mass is 16.5. The summed E-state index contributed by atoms with van der Waals surface area (Å²) >= 11 is 0. The minimum Gasteiger partial charge on any atom is -0.465 e. The van der Waals surface area contributed by atoms with Crippen molar-refractivity contribution in [2.45, 2.75) is 6.42 Å². The second-order valence-electron chi connectivity index (χ2n) is 4.70. The molecule has 0 radical (unpaired) electrons. The number of hydrogen-bond donors (Lipinski definition) is 1. The number of H-pyrrole nitrogens is 1. The molecule has 0 atom stereocenters. The number of ether oxygens (including phenoxy) is 1. The summed E-state index contributed by atoms with van der Waals surface area (Å²) in [5, 5.41) is 0.947. The van der Waals surface area contributed by atoms with E-state index in [0.29, 0.717) is 5.56 Å². The Kier molecular flexibility index (Phi) is 3.25. The van der Waals surface area contributed by atoms with E-state index in [1.54, 1.807) is 6.07 Å². The van der Waals surface area contributed by atoms with E-state index in [1.807, 2.05) is 36.5 Å². The van der Waals surface area contributed by atoms with Gasteiger partial charge in [0.25, 0.3) is 0 Å². The number of nitrogens with one attached hydrogen (secondary N) is 1. The Balaban J connectivity index is 2.10. The summed E-state index contributed by atoms with van der Waals surface area (Å²) in [6.07, 6.45) is 2.75. The normalized spacial score (nSPS) is 10.7. The monoisotopic (exact) mass is 265 g/mol. The molecule has 0 fully saturated rings. The van der Waals surface area contributed by atoms with E-state index in [2.05, 4.69) is 17.1 Å². The third-order valence-electron chi connectivity index (χ3n) is 3.43. The Hall–Kier alpha value is -2.55. The van der Waals surface area contributed by atoms with E-state index in [-0.39, 0.29) is 5.97 Å². The third-order valence-corrected chi connectivity index (χ3v) is 3.43. The van der Waals surface area contributed by atoms with Crippen LogP contribution in [0.1, 0.15) is 21.5 Å². The first-order valence-corrected chi connectivity index (χ1v) is 6.51. The number of hydrogen-bond acceptors (Lipinski definition) is 2. The molecule has 1 heterocycles. The summed E-state index contributed by atoms with van der Waals surface area (Å²) in [5.41, 5.74) is 3.89. The van der Waals surface area contributed by atoms with E-state index in [4.69, 9.17) is 4.74 Å². The Morgan fingerprint density at radius 3 is 2.65 bits per heavy atom. The fourth-order valence-electron chi connectivity index (χ4n) is 2.49. The van der Waals surface area contributed by atoms with Crippen molar-refractivity contribution in [2.75, 3.05) is 7.11 Å². The molecule has 3 heteroatoms. The van der Waals surface area contributed by atoms with Crippen molar-refractivity contribution in [2.24, 2.45) is 0 Å². The number of methoxy groups -OCH3 is 1. The van der Waals surface area contributed by atoms with Crippen LogP contribution in [-0.4, -0.2) is 18.1 Å². The zero-order valence-corrected chi connectivity index (χ0v) is 11.2. The lowest BCUT2D eigenvalue weighted by atomic mass is 10.0. The molecule has 100 valence electrons. The number of carbonyl (C=O) groups excluding carboxylic acids is 1. The van der Waals surface area contributed by atoms with Crippen molar-refractivity contribution in [3.05, 3.63) is 71.4 Å². The molecule has 2 aromatic carbocycles. The summed E-state index contributed by atoms with van der Waals surface area (Å²) in [6.45, 7) is 0. The number of benzene rings is 2. The molecule has 0 unspecified atom stereocenters. The van der Waals surface area contributed by atoms with Gasteiger partial charge in [-0.25, -0.2) is 4.79 Å². The van der Waals surface area contributed by atoms with Gasteiger partial charge < -0.3 is 9.72 Å². The summed E-state index contributed by atoms with van der Waals surface area (Å²) in [4.78, 5) is 15.1. The fourth-order valence-corrected chi connectivity index (χ4v) is 2.49. The molecule has 0 spiro atoms. The molecule has 0 saturated carbocycles. The molecule has 0 aliphatic rings. The predicted octanol–water partition coefficient (Wildman–Crippen LogP) is 3.55. The van der Waals surface area contributed by atoms with Crippen molar-refractivity contribution in [3.63, 3.8) is 0 Å². The average molecular weight is 265 g/mol.